The highest BCUT2D eigenvalue weighted by molar-refractivity contribution is 7.87. The van der Waals surface area contributed by atoms with Crippen LogP contribution in [-0.2, 0) is 14.9 Å². The lowest BCUT2D eigenvalue weighted by molar-refractivity contribution is -0.0249. The van der Waals surface area contributed by atoms with E-state index in [2.05, 4.69) is 9.44 Å². The Hall–Kier alpha value is -0.210. The lowest BCUT2D eigenvalue weighted by Gasteiger charge is -2.42. The Labute approximate surface area is 103 Å². The van der Waals surface area contributed by atoms with Gasteiger partial charge in [-0.1, -0.05) is 13.8 Å². The number of nitrogens with two attached hydrogens (primary N) is 1. The summed E-state index contributed by atoms with van der Waals surface area (Å²) >= 11 is 0. The van der Waals surface area contributed by atoms with Crippen molar-refractivity contribution in [2.75, 3.05) is 13.2 Å². The molecule has 0 bridgehead atoms. The van der Waals surface area contributed by atoms with Gasteiger partial charge in [-0.05, 0) is 19.3 Å². The minimum Gasteiger partial charge on any atom is -0.377 e. The van der Waals surface area contributed by atoms with Crippen molar-refractivity contribution in [3.05, 3.63) is 0 Å². The van der Waals surface area contributed by atoms with E-state index in [1.807, 2.05) is 20.8 Å². The highest BCUT2D eigenvalue weighted by Crippen LogP contribution is 2.22. The van der Waals surface area contributed by atoms with Crippen LogP contribution in [0.3, 0.4) is 0 Å². The topological polar surface area (TPSA) is 93.4 Å². The van der Waals surface area contributed by atoms with E-state index in [1.54, 1.807) is 0 Å². The van der Waals surface area contributed by atoms with Gasteiger partial charge in [0.25, 0.3) is 10.2 Å². The molecule has 0 spiro atoms. The summed E-state index contributed by atoms with van der Waals surface area (Å²) in [5, 5.41) is 0. The summed E-state index contributed by atoms with van der Waals surface area (Å²) in [6.45, 7) is 6.75. The average Bonchev–Trinajstić information content (AvgIpc) is 2.24. The summed E-state index contributed by atoms with van der Waals surface area (Å²) in [5.74, 6) is 0.268. The molecule has 0 aliphatic heterocycles. The fourth-order valence-electron chi connectivity index (χ4n) is 1.69. The van der Waals surface area contributed by atoms with Crippen molar-refractivity contribution < 1.29 is 13.2 Å². The predicted octanol–water partition coefficient (Wildman–Crippen LogP) is -0.429. The van der Waals surface area contributed by atoms with E-state index in [4.69, 9.17) is 10.5 Å². The Balaban J connectivity index is 2.46. The van der Waals surface area contributed by atoms with E-state index in [-0.39, 0.29) is 24.1 Å². The molecular weight excluding hydrogens is 242 g/mol. The first kappa shape index (κ1) is 14.8. The first-order chi connectivity index (χ1) is 7.85. The SMILES string of the molecule is CCOC1CC(N)C1NS(=O)(=O)NCC(C)C. The molecular formula is C10H23N3O3S. The summed E-state index contributed by atoms with van der Waals surface area (Å²) < 4.78 is 33.8. The average molecular weight is 265 g/mol. The predicted molar refractivity (Wildman–Crippen MR) is 66.7 cm³/mol. The zero-order chi connectivity index (χ0) is 13.1. The molecule has 0 aromatic rings. The van der Waals surface area contributed by atoms with Gasteiger partial charge in [0.05, 0.1) is 12.1 Å². The number of hydrogen-bond acceptors (Lipinski definition) is 4. The van der Waals surface area contributed by atoms with Gasteiger partial charge in [-0.25, -0.2) is 4.72 Å². The molecule has 6 nitrogen and oxygen atoms in total. The van der Waals surface area contributed by atoms with Crippen LogP contribution < -0.4 is 15.2 Å². The third-order valence-corrected chi connectivity index (χ3v) is 3.85. The van der Waals surface area contributed by atoms with Crippen molar-refractivity contribution in [2.24, 2.45) is 11.7 Å². The van der Waals surface area contributed by atoms with Crippen LogP contribution in [0.2, 0.25) is 0 Å². The van der Waals surface area contributed by atoms with E-state index in [1.165, 1.54) is 0 Å². The summed E-state index contributed by atoms with van der Waals surface area (Å²) in [6.07, 6.45) is 0.594. The zero-order valence-electron chi connectivity index (χ0n) is 10.6. The molecule has 0 saturated heterocycles. The van der Waals surface area contributed by atoms with Crippen molar-refractivity contribution in [2.45, 2.75) is 45.4 Å². The molecule has 3 atom stereocenters. The number of hydrogen-bond donors (Lipinski definition) is 3. The lowest BCUT2D eigenvalue weighted by atomic mass is 9.84. The van der Waals surface area contributed by atoms with Gasteiger partial charge in [0, 0.05) is 19.2 Å². The van der Waals surface area contributed by atoms with E-state index in [0.717, 1.165) is 0 Å². The van der Waals surface area contributed by atoms with Gasteiger partial charge < -0.3 is 10.5 Å². The maximum Gasteiger partial charge on any atom is 0.277 e. The van der Waals surface area contributed by atoms with Gasteiger partial charge in [0.2, 0.25) is 0 Å². The Morgan fingerprint density at radius 2 is 2.12 bits per heavy atom. The van der Waals surface area contributed by atoms with Gasteiger partial charge in [-0.3, -0.25) is 0 Å². The molecule has 1 aliphatic rings. The summed E-state index contributed by atoms with van der Waals surface area (Å²) in [7, 11) is -3.48. The Kier molecular flexibility index (Phi) is 5.33. The molecule has 7 heteroatoms. The maximum atomic E-state index is 11.7. The van der Waals surface area contributed by atoms with Gasteiger partial charge >= 0.3 is 0 Å². The van der Waals surface area contributed by atoms with E-state index >= 15 is 0 Å². The molecule has 1 saturated carbocycles. The van der Waals surface area contributed by atoms with Crippen LogP contribution in [0.1, 0.15) is 27.2 Å². The van der Waals surface area contributed by atoms with E-state index < -0.39 is 10.2 Å². The van der Waals surface area contributed by atoms with E-state index in [9.17, 15) is 8.42 Å². The normalized spacial score (nSPS) is 29.4. The van der Waals surface area contributed by atoms with Crippen molar-refractivity contribution in [1.82, 2.24) is 9.44 Å². The number of ether oxygens (including phenoxy) is 1. The molecule has 1 rings (SSSR count). The van der Waals surface area contributed by atoms with Crippen LogP contribution in [0.15, 0.2) is 0 Å². The van der Waals surface area contributed by atoms with Crippen molar-refractivity contribution in [3.8, 4) is 0 Å². The molecule has 17 heavy (non-hydrogen) atoms. The number of nitrogens with one attached hydrogen (secondary N) is 2. The fourth-order valence-corrected chi connectivity index (χ4v) is 3.01. The van der Waals surface area contributed by atoms with Gasteiger partial charge in [-0.15, -0.1) is 0 Å². The van der Waals surface area contributed by atoms with Crippen molar-refractivity contribution in [3.63, 3.8) is 0 Å². The molecule has 0 radical (unpaired) electrons. The molecule has 1 aliphatic carbocycles. The maximum absolute atomic E-state index is 11.7. The second kappa shape index (κ2) is 6.10. The van der Waals surface area contributed by atoms with Gasteiger partial charge in [0.15, 0.2) is 0 Å². The van der Waals surface area contributed by atoms with Crippen LogP contribution in [0.4, 0.5) is 0 Å². The second-order valence-electron chi connectivity index (χ2n) is 4.78. The molecule has 1 fully saturated rings. The quantitative estimate of drug-likeness (QED) is 0.582. The minimum atomic E-state index is -3.48. The van der Waals surface area contributed by atoms with Crippen LogP contribution in [-0.4, -0.2) is 39.8 Å². The molecule has 0 aromatic heterocycles. The van der Waals surface area contributed by atoms with Crippen LogP contribution in [0.25, 0.3) is 0 Å². The molecule has 4 N–H and O–H groups in total. The number of rotatable bonds is 7. The summed E-state index contributed by atoms with van der Waals surface area (Å²) in [6, 6.07) is -0.484. The molecule has 0 aromatic carbocycles. The van der Waals surface area contributed by atoms with Gasteiger partial charge in [-0.2, -0.15) is 13.1 Å². The summed E-state index contributed by atoms with van der Waals surface area (Å²) in [4.78, 5) is 0. The lowest BCUT2D eigenvalue weighted by Crippen LogP contribution is -2.66. The van der Waals surface area contributed by atoms with Crippen LogP contribution in [0, 0.1) is 5.92 Å². The van der Waals surface area contributed by atoms with Crippen molar-refractivity contribution in [1.29, 1.82) is 0 Å². The van der Waals surface area contributed by atoms with Crippen LogP contribution in [0.5, 0.6) is 0 Å². The fraction of sp³-hybridized carbons (Fsp3) is 1.00. The minimum absolute atomic E-state index is 0.106. The monoisotopic (exact) mass is 265 g/mol. The third-order valence-electron chi connectivity index (χ3n) is 2.72. The standard InChI is InChI=1S/C10H23N3O3S/c1-4-16-9-5-8(11)10(9)13-17(14,15)12-6-7(2)3/h7-10,12-13H,4-6,11H2,1-3H3. The Morgan fingerprint density at radius 3 is 2.59 bits per heavy atom. The molecule has 0 heterocycles. The molecule has 0 amide bonds. The summed E-state index contributed by atoms with van der Waals surface area (Å²) in [5.41, 5.74) is 5.77. The first-order valence-electron chi connectivity index (χ1n) is 5.99. The highest BCUT2D eigenvalue weighted by atomic mass is 32.2. The highest BCUT2D eigenvalue weighted by Gasteiger charge is 2.41. The molecule has 3 unspecified atom stereocenters. The van der Waals surface area contributed by atoms with E-state index in [0.29, 0.717) is 19.6 Å². The zero-order valence-corrected chi connectivity index (χ0v) is 11.5. The van der Waals surface area contributed by atoms with Gasteiger partial charge in [0.1, 0.15) is 0 Å². The second-order valence-corrected chi connectivity index (χ2v) is 6.31. The molecule has 102 valence electrons. The van der Waals surface area contributed by atoms with Crippen molar-refractivity contribution >= 4 is 10.2 Å². The third kappa shape index (κ3) is 4.51. The first-order valence-corrected chi connectivity index (χ1v) is 7.48. The largest absolute Gasteiger partial charge is 0.377 e. The van der Waals surface area contributed by atoms with Crippen LogP contribution >= 0.6 is 0 Å². The Bertz CT molecular complexity index is 330. The smallest absolute Gasteiger partial charge is 0.277 e. The Morgan fingerprint density at radius 1 is 1.47 bits per heavy atom.